The highest BCUT2D eigenvalue weighted by Crippen LogP contribution is 2.21. The van der Waals surface area contributed by atoms with Gasteiger partial charge in [-0.2, -0.15) is 0 Å². The Morgan fingerprint density at radius 2 is 2.18 bits per heavy atom. The third-order valence-corrected chi connectivity index (χ3v) is 3.19. The van der Waals surface area contributed by atoms with Gasteiger partial charge in [-0.3, -0.25) is 14.5 Å². The Balaban J connectivity index is 2.59. The van der Waals surface area contributed by atoms with E-state index >= 15 is 0 Å². The third-order valence-electron chi connectivity index (χ3n) is 3.19. The molecule has 0 saturated carbocycles. The molecule has 0 spiro atoms. The van der Waals surface area contributed by atoms with Gasteiger partial charge in [-0.05, 0) is 32.7 Å². The number of hydrogen-bond donors (Lipinski definition) is 1. The Kier molecular flexibility index (Phi) is 5.41. The number of carbonyl (C=O) groups excluding carboxylic acids is 1. The molecule has 98 valence electrons. The van der Waals surface area contributed by atoms with Crippen LogP contribution in [0.2, 0.25) is 0 Å². The Morgan fingerprint density at radius 3 is 2.71 bits per heavy atom. The average Bonchev–Trinajstić information content (AvgIpc) is 2.30. The predicted molar refractivity (Wildman–Crippen MR) is 62.6 cm³/mol. The van der Waals surface area contributed by atoms with Crippen LogP contribution in [0.4, 0.5) is 0 Å². The van der Waals surface area contributed by atoms with Crippen LogP contribution in [0.5, 0.6) is 0 Å². The highest BCUT2D eigenvalue weighted by Gasteiger charge is 2.32. The first-order chi connectivity index (χ1) is 8.10. The van der Waals surface area contributed by atoms with Gasteiger partial charge >= 0.3 is 11.9 Å². The normalized spacial score (nSPS) is 23.1. The number of likely N-dealkylation sites (tertiary alicyclic amines) is 1. The second kappa shape index (κ2) is 6.59. The number of nitrogens with zero attached hydrogens (tertiary/aromatic N) is 1. The number of carbonyl (C=O) groups is 2. The molecule has 1 fully saturated rings. The van der Waals surface area contributed by atoms with Crippen LogP contribution in [-0.2, 0) is 14.3 Å². The van der Waals surface area contributed by atoms with Gasteiger partial charge in [0, 0.05) is 6.54 Å². The summed E-state index contributed by atoms with van der Waals surface area (Å²) in [4.78, 5) is 24.6. The first-order valence-electron chi connectivity index (χ1n) is 6.23. The van der Waals surface area contributed by atoms with Crippen molar-refractivity contribution in [3.8, 4) is 0 Å². The summed E-state index contributed by atoms with van der Waals surface area (Å²) in [7, 11) is 0. The first kappa shape index (κ1) is 14.0. The van der Waals surface area contributed by atoms with Crippen LogP contribution in [-0.4, -0.2) is 47.7 Å². The number of hydrogen-bond acceptors (Lipinski definition) is 4. The lowest BCUT2D eigenvalue weighted by molar-refractivity contribution is -0.153. The monoisotopic (exact) mass is 243 g/mol. The zero-order chi connectivity index (χ0) is 12.8. The van der Waals surface area contributed by atoms with Gasteiger partial charge in [-0.1, -0.05) is 6.92 Å². The highest BCUT2D eigenvalue weighted by molar-refractivity contribution is 5.74. The minimum atomic E-state index is -0.808. The largest absolute Gasteiger partial charge is 0.480 e. The second-order valence-corrected chi connectivity index (χ2v) is 4.35. The van der Waals surface area contributed by atoms with Crippen molar-refractivity contribution in [3.05, 3.63) is 0 Å². The van der Waals surface area contributed by atoms with E-state index in [1.165, 1.54) is 0 Å². The molecular weight excluding hydrogens is 222 g/mol. The quantitative estimate of drug-likeness (QED) is 0.733. The van der Waals surface area contributed by atoms with E-state index in [0.29, 0.717) is 19.6 Å². The molecule has 1 heterocycles. The van der Waals surface area contributed by atoms with Gasteiger partial charge in [0.25, 0.3) is 0 Å². The number of ether oxygens (including phenoxy) is 1. The smallest absolute Gasteiger partial charge is 0.320 e. The summed E-state index contributed by atoms with van der Waals surface area (Å²) < 4.78 is 4.99. The van der Waals surface area contributed by atoms with Gasteiger partial charge in [0.15, 0.2) is 0 Å². The van der Waals surface area contributed by atoms with Crippen molar-refractivity contribution in [3.63, 3.8) is 0 Å². The number of aliphatic carboxylic acids is 1. The molecule has 1 unspecified atom stereocenters. The summed E-state index contributed by atoms with van der Waals surface area (Å²) in [6, 6.07) is -0.479. The maximum Gasteiger partial charge on any atom is 0.320 e. The Labute approximate surface area is 102 Å². The minimum Gasteiger partial charge on any atom is -0.480 e. The molecule has 0 aliphatic carbocycles. The van der Waals surface area contributed by atoms with Crippen molar-refractivity contribution in [2.24, 2.45) is 5.92 Å². The van der Waals surface area contributed by atoms with Gasteiger partial charge in [0.1, 0.15) is 6.04 Å². The van der Waals surface area contributed by atoms with Gasteiger partial charge in [-0.25, -0.2) is 0 Å². The van der Waals surface area contributed by atoms with Gasteiger partial charge in [0.05, 0.1) is 12.5 Å². The van der Waals surface area contributed by atoms with E-state index in [0.717, 1.165) is 19.4 Å². The molecule has 0 aromatic heterocycles. The zero-order valence-corrected chi connectivity index (χ0v) is 10.5. The fourth-order valence-electron chi connectivity index (χ4n) is 2.33. The van der Waals surface area contributed by atoms with Crippen molar-refractivity contribution in [1.82, 2.24) is 4.90 Å². The van der Waals surface area contributed by atoms with E-state index in [9.17, 15) is 9.59 Å². The van der Waals surface area contributed by atoms with E-state index in [4.69, 9.17) is 9.84 Å². The fourth-order valence-corrected chi connectivity index (χ4v) is 2.33. The van der Waals surface area contributed by atoms with Crippen LogP contribution in [0.15, 0.2) is 0 Å². The van der Waals surface area contributed by atoms with E-state index in [-0.39, 0.29) is 11.9 Å². The van der Waals surface area contributed by atoms with E-state index in [1.54, 1.807) is 6.92 Å². The molecule has 5 heteroatoms. The van der Waals surface area contributed by atoms with Crippen molar-refractivity contribution >= 4 is 11.9 Å². The van der Waals surface area contributed by atoms with Crippen LogP contribution in [0.25, 0.3) is 0 Å². The molecule has 0 bridgehead atoms. The van der Waals surface area contributed by atoms with Gasteiger partial charge in [-0.15, -0.1) is 0 Å². The molecule has 0 aromatic carbocycles. The summed E-state index contributed by atoms with van der Waals surface area (Å²) in [5.74, 6) is -1.17. The number of carboxylic acids is 1. The molecular formula is C12H21NO4. The summed E-state index contributed by atoms with van der Waals surface area (Å²) >= 11 is 0. The fraction of sp³-hybridized carbons (Fsp3) is 0.833. The van der Waals surface area contributed by atoms with Crippen molar-refractivity contribution < 1.29 is 19.4 Å². The molecule has 1 aliphatic heterocycles. The Hall–Kier alpha value is -1.10. The maximum atomic E-state index is 11.6. The highest BCUT2D eigenvalue weighted by atomic mass is 16.5. The van der Waals surface area contributed by atoms with Gasteiger partial charge in [0.2, 0.25) is 0 Å². The molecule has 1 rings (SSSR count). The molecule has 1 saturated heterocycles. The molecule has 2 atom stereocenters. The number of esters is 1. The lowest BCUT2D eigenvalue weighted by Gasteiger charge is -2.34. The van der Waals surface area contributed by atoms with E-state index in [1.807, 2.05) is 11.8 Å². The van der Waals surface area contributed by atoms with Crippen LogP contribution < -0.4 is 0 Å². The Morgan fingerprint density at radius 1 is 1.47 bits per heavy atom. The van der Waals surface area contributed by atoms with Crippen LogP contribution >= 0.6 is 0 Å². The van der Waals surface area contributed by atoms with E-state index in [2.05, 4.69) is 0 Å². The summed E-state index contributed by atoms with van der Waals surface area (Å²) in [5, 5.41) is 9.10. The second-order valence-electron chi connectivity index (χ2n) is 4.35. The molecule has 5 nitrogen and oxygen atoms in total. The molecule has 1 N–H and O–H groups in total. The topological polar surface area (TPSA) is 66.8 Å². The predicted octanol–water partition coefficient (Wildman–Crippen LogP) is 1.12. The number of piperidine rings is 1. The van der Waals surface area contributed by atoms with Crippen molar-refractivity contribution in [2.45, 2.75) is 39.2 Å². The minimum absolute atomic E-state index is 0.169. The molecule has 0 amide bonds. The van der Waals surface area contributed by atoms with Crippen molar-refractivity contribution in [1.29, 1.82) is 0 Å². The molecule has 0 aromatic rings. The molecule has 17 heavy (non-hydrogen) atoms. The first-order valence-corrected chi connectivity index (χ1v) is 6.23. The van der Waals surface area contributed by atoms with Gasteiger partial charge < -0.3 is 9.84 Å². The lowest BCUT2D eigenvalue weighted by Crippen LogP contribution is -2.48. The lowest BCUT2D eigenvalue weighted by atomic mass is 9.96. The number of carboxylic acid groups (broad SMARTS) is 1. The average molecular weight is 243 g/mol. The maximum absolute atomic E-state index is 11.6. The molecule has 0 radical (unpaired) electrons. The summed E-state index contributed by atoms with van der Waals surface area (Å²) in [5.41, 5.74) is 0. The Bertz CT molecular complexity index is 280. The standard InChI is InChI=1S/C12H21NO4/c1-3-10(11(14)15)13-7-5-6-9(8-13)12(16)17-4-2/h9-10H,3-8H2,1-2H3,(H,14,15)/t9-,10?/m1/s1. The van der Waals surface area contributed by atoms with Crippen LogP contribution in [0, 0.1) is 5.92 Å². The van der Waals surface area contributed by atoms with Crippen molar-refractivity contribution in [2.75, 3.05) is 19.7 Å². The van der Waals surface area contributed by atoms with E-state index < -0.39 is 12.0 Å². The zero-order valence-electron chi connectivity index (χ0n) is 10.5. The summed E-state index contributed by atoms with van der Waals surface area (Å²) in [6.07, 6.45) is 2.21. The molecule has 1 aliphatic rings. The van der Waals surface area contributed by atoms with Crippen LogP contribution in [0.1, 0.15) is 33.1 Å². The number of rotatable bonds is 5. The third kappa shape index (κ3) is 3.70. The SMILES string of the molecule is CCOC(=O)[C@@H]1CCCN(C(CC)C(=O)O)C1. The van der Waals surface area contributed by atoms with Crippen LogP contribution in [0.3, 0.4) is 0 Å². The summed E-state index contributed by atoms with van der Waals surface area (Å²) in [6.45, 7) is 5.27.